The van der Waals surface area contributed by atoms with Crippen LogP contribution in [-0.4, -0.2) is 29.0 Å². The van der Waals surface area contributed by atoms with Gasteiger partial charge in [0.05, 0.1) is 10.9 Å². The summed E-state index contributed by atoms with van der Waals surface area (Å²) < 4.78 is 13.4. The van der Waals surface area contributed by atoms with E-state index in [0.29, 0.717) is 12.2 Å². The maximum atomic E-state index is 13.4. The highest BCUT2D eigenvalue weighted by Crippen LogP contribution is 2.34. The van der Waals surface area contributed by atoms with Crippen molar-refractivity contribution in [2.45, 2.75) is 29.7 Å². The third-order valence-corrected chi connectivity index (χ3v) is 6.44. The summed E-state index contributed by atoms with van der Waals surface area (Å²) in [6, 6.07) is 12.5. The Kier molecular flexibility index (Phi) is 6.73. The van der Waals surface area contributed by atoms with Crippen LogP contribution in [0.15, 0.2) is 64.8 Å². The van der Waals surface area contributed by atoms with Crippen molar-refractivity contribution in [2.24, 2.45) is 5.92 Å². The van der Waals surface area contributed by atoms with E-state index in [-0.39, 0.29) is 16.8 Å². The Hall–Kier alpha value is -2.64. The van der Waals surface area contributed by atoms with Crippen molar-refractivity contribution in [3.05, 3.63) is 71.3 Å². The smallest absolute Gasteiger partial charge is 0.229 e. The van der Waals surface area contributed by atoms with Crippen LogP contribution in [0, 0.1) is 18.7 Å². The fourth-order valence-corrected chi connectivity index (χ4v) is 4.59. The molecule has 8 heteroatoms. The molecule has 4 rings (SSSR count). The zero-order valence-electron chi connectivity index (χ0n) is 17.0. The molecule has 1 atom stereocenters. The van der Waals surface area contributed by atoms with Crippen molar-refractivity contribution in [3.63, 3.8) is 0 Å². The second kappa shape index (κ2) is 9.66. The van der Waals surface area contributed by atoms with Crippen molar-refractivity contribution in [1.82, 2.24) is 9.97 Å². The number of rotatable bonds is 5. The first-order valence-electron chi connectivity index (χ1n) is 10.1. The number of piperidine rings is 1. The van der Waals surface area contributed by atoms with Crippen LogP contribution >= 0.6 is 23.4 Å². The minimum Gasteiger partial charge on any atom is -0.354 e. The molecule has 1 unspecified atom stereocenters. The maximum Gasteiger partial charge on any atom is 0.229 e. The van der Waals surface area contributed by atoms with Gasteiger partial charge in [-0.3, -0.25) is 4.79 Å². The summed E-state index contributed by atoms with van der Waals surface area (Å²) >= 11 is 7.39. The molecule has 1 aliphatic rings. The number of hydrogen-bond acceptors (Lipinski definition) is 5. The van der Waals surface area contributed by atoms with Gasteiger partial charge in [0.25, 0.3) is 0 Å². The molecule has 2 aromatic carbocycles. The molecule has 160 valence electrons. The average molecular weight is 457 g/mol. The summed E-state index contributed by atoms with van der Waals surface area (Å²) in [6.07, 6.45) is 5.01. The lowest BCUT2D eigenvalue weighted by atomic mass is 9.97. The topological polar surface area (TPSA) is 58.1 Å². The van der Waals surface area contributed by atoms with Gasteiger partial charge in [-0.25, -0.2) is 14.4 Å². The van der Waals surface area contributed by atoms with Gasteiger partial charge in [0.15, 0.2) is 5.82 Å². The zero-order chi connectivity index (χ0) is 21.8. The van der Waals surface area contributed by atoms with Crippen molar-refractivity contribution in [1.29, 1.82) is 0 Å². The van der Waals surface area contributed by atoms with E-state index in [9.17, 15) is 9.18 Å². The SMILES string of the molecule is Cc1ccc(Sc2nccnc2N2CCCC(C(=O)Nc3ccc(F)c(Cl)c3)C2)cc1. The summed E-state index contributed by atoms with van der Waals surface area (Å²) in [5, 5.41) is 3.66. The fourth-order valence-electron chi connectivity index (χ4n) is 3.53. The average Bonchev–Trinajstić information content (AvgIpc) is 2.78. The highest BCUT2D eigenvalue weighted by molar-refractivity contribution is 7.99. The van der Waals surface area contributed by atoms with Gasteiger partial charge >= 0.3 is 0 Å². The molecule has 1 aromatic heterocycles. The standard InChI is InChI=1S/C23H22ClFN4OS/c1-15-4-7-18(8-5-15)31-23-21(26-10-11-27-23)29-12-2-3-16(14-29)22(30)28-17-6-9-20(25)19(24)13-17/h4-11,13,16H,2-3,12,14H2,1H3,(H,28,30). The Balaban J connectivity index is 1.47. The number of anilines is 2. The normalized spacial score (nSPS) is 16.2. The van der Waals surface area contributed by atoms with E-state index in [2.05, 4.69) is 51.4 Å². The van der Waals surface area contributed by atoms with E-state index in [1.807, 2.05) is 0 Å². The Morgan fingerprint density at radius 1 is 1.19 bits per heavy atom. The lowest BCUT2D eigenvalue weighted by molar-refractivity contribution is -0.120. The maximum absolute atomic E-state index is 13.4. The molecule has 31 heavy (non-hydrogen) atoms. The Morgan fingerprint density at radius 3 is 2.74 bits per heavy atom. The van der Waals surface area contributed by atoms with Gasteiger partial charge < -0.3 is 10.2 Å². The van der Waals surface area contributed by atoms with E-state index in [1.54, 1.807) is 24.2 Å². The number of carbonyl (C=O) groups excluding carboxylic acids is 1. The summed E-state index contributed by atoms with van der Waals surface area (Å²) in [7, 11) is 0. The van der Waals surface area contributed by atoms with Crippen LogP contribution < -0.4 is 10.2 Å². The minimum absolute atomic E-state index is 0.0135. The highest BCUT2D eigenvalue weighted by Gasteiger charge is 2.28. The summed E-state index contributed by atoms with van der Waals surface area (Å²) in [5.41, 5.74) is 1.69. The summed E-state index contributed by atoms with van der Waals surface area (Å²) in [6.45, 7) is 3.41. The lowest BCUT2D eigenvalue weighted by Crippen LogP contribution is -2.41. The van der Waals surface area contributed by atoms with Gasteiger partial charge in [-0.2, -0.15) is 0 Å². The lowest BCUT2D eigenvalue weighted by Gasteiger charge is -2.33. The van der Waals surface area contributed by atoms with Gasteiger partial charge in [-0.05, 0) is 50.1 Å². The first-order valence-corrected chi connectivity index (χ1v) is 11.3. The molecule has 5 nitrogen and oxygen atoms in total. The van der Waals surface area contributed by atoms with Crippen LogP contribution in [-0.2, 0) is 4.79 Å². The Bertz CT molecular complexity index is 1080. The van der Waals surface area contributed by atoms with E-state index < -0.39 is 5.82 Å². The van der Waals surface area contributed by atoms with E-state index in [4.69, 9.17) is 11.6 Å². The molecule has 1 N–H and O–H groups in total. The quantitative estimate of drug-likeness (QED) is 0.542. The first kappa shape index (κ1) is 21.6. The first-order chi connectivity index (χ1) is 15.0. The number of hydrogen-bond donors (Lipinski definition) is 1. The molecule has 2 heterocycles. The molecule has 1 amide bonds. The van der Waals surface area contributed by atoms with Gasteiger partial charge in [0.2, 0.25) is 5.91 Å². The predicted octanol–water partition coefficient (Wildman–Crippen LogP) is 5.58. The van der Waals surface area contributed by atoms with Crippen LogP contribution in [0.5, 0.6) is 0 Å². The summed E-state index contributed by atoms with van der Waals surface area (Å²) in [5.74, 6) is -0.0408. The molecule has 0 aliphatic carbocycles. The largest absolute Gasteiger partial charge is 0.354 e. The number of nitrogens with zero attached hydrogens (tertiary/aromatic N) is 3. The number of carbonyl (C=O) groups is 1. The number of aryl methyl sites for hydroxylation is 1. The van der Waals surface area contributed by atoms with Gasteiger partial charge in [0.1, 0.15) is 10.8 Å². The number of nitrogens with one attached hydrogen (secondary N) is 1. The van der Waals surface area contributed by atoms with Crippen molar-refractivity contribution in [3.8, 4) is 0 Å². The molecule has 0 saturated carbocycles. The van der Waals surface area contributed by atoms with Crippen LogP contribution in [0.2, 0.25) is 5.02 Å². The molecule has 1 fully saturated rings. The van der Waals surface area contributed by atoms with E-state index in [0.717, 1.165) is 35.1 Å². The number of amides is 1. The molecule has 1 aliphatic heterocycles. The highest BCUT2D eigenvalue weighted by atomic mass is 35.5. The molecule has 0 radical (unpaired) electrons. The fraction of sp³-hybridized carbons (Fsp3) is 0.261. The zero-order valence-corrected chi connectivity index (χ0v) is 18.6. The molecule has 1 saturated heterocycles. The monoisotopic (exact) mass is 456 g/mol. The van der Waals surface area contributed by atoms with Crippen LogP contribution in [0.25, 0.3) is 0 Å². The van der Waals surface area contributed by atoms with Crippen molar-refractivity contribution < 1.29 is 9.18 Å². The van der Waals surface area contributed by atoms with E-state index >= 15 is 0 Å². The van der Waals surface area contributed by atoms with Crippen LogP contribution in [0.3, 0.4) is 0 Å². The number of halogens is 2. The van der Waals surface area contributed by atoms with Gasteiger partial charge in [-0.15, -0.1) is 0 Å². The molecule has 3 aromatic rings. The molecule has 0 bridgehead atoms. The predicted molar refractivity (Wildman–Crippen MR) is 122 cm³/mol. The van der Waals surface area contributed by atoms with Crippen LogP contribution in [0.4, 0.5) is 15.9 Å². The van der Waals surface area contributed by atoms with Crippen LogP contribution in [0.1, 0.15) is 18.4 Å². The molecule has 0 spiro atoms. The summed E-state index contributed by atoms with van der Waals surface area (Å²) in [4.78, 5) is 25.1. The van der Waals surface area contributed by atoms with E-state index in [1.165, 1.54) is 23.8 Å². The molecular formula is C23H22ClFN4OS. The third kappa shape index (κ3) is 5.35. The number of benzene rings is 2. The second-order valence-electron chi connectivity index (χ2n) is 7.50. The second-order valence-corrected chi connectivity index (χ2v) is 8.97. The molecular weight excluding hydrogens is 435 g/mol. The van der Waals surface area contributed by atoms with Crippen molar-refractivity contribution in [2.75, 3.05) is 23.3 Å². The van der Waals surface area contributed by atoms with Gasteiger partial charge in [-0.1, -0.05) is 41.1 Å². The third-order valence-electron chi connectivity index (χ3n) is 5.16. The number of aromatic nitrogens is 2. The Morgan fingerprint density at radius 2 is 1.97 bits per heavy atom. The van der Waals surface area contributed by atoms with Crippen molar-refractivity contribution >= 4 is 40.8 Å². The minimum atomic E-state index is -0.509. The Labute approximate surface area is 190 Å². The van der Waals surface area contributed by atoms with Gasteiger partial charge in [0, 0.05) is 36.1 Å².